The average molecular weight is 170 g/mol. The monoisotopic (exact) mass is 170 g/mol. The Balaban J connectivity index is 2.84. The molecule has 1 aliphatic rings. The number of hydrogen-bond donors (Lipinski definition) is 1. The van der Waals surface area contributed by atoms with Crippen molar-refractivity contribution >= 4 is 0 Å². The van der Waals surface area contributed by atoms with Gasteiger partial charge in [0.25, 0.3) is 0 Å². The molecule has 2 atom stereocenters. The molecule has 1 heterocycles. The van der Waals surface area contributed by atoms with Crippen molar-refractivity contribution < 1.29 is 9.84 Å². The number of hydrogen-bond acceptors (Lipinski definition) is 2. The standard InChI is InChI=1S/C10H18O2/c1-5-10(4)9(2,3)6-8(11)7-12-10/h5,8,11H,1,6-7H2,2-4H3. The summed E-state index contributed by atoms with van der Waals surface area (Å²) in [6.07, 6.45) is 2.28. The second kappa shape index (κ2) is 2.86. The van der Waals surface area contributed by atoms with Gasteiger partial charge in [0, 0.05) is 0 Å². The van der Waals surface area contributed by atoms with Gasteiger partial charge in [-0.25, -0.2) is 0 Å². The zero-order valence-electron chi connectivity index (χ0n) is 8.13. The predicted molar refractivity (Wildman–Crippen MR) is 49.0 cm³/mol. The Morgan fingerprint density at radius 3 is 2.50 bits per heavy atom. The van der Waals surface area contributed by atoms with E-state index in [0.29, 0.717) is 6.61 Å². The summed E-state index contributed by atoms with van der Waals surface area (Å²) >= 11 is 0. The molecule has 2 heteroatoms. The van der Waals surface area contributed by atoms with Crippen LogP contribution < -0.4 is 0 Å². The van der Waals surface area contributed by atoms with E-state index in [1.807, 2.05) is 13.0 Å². The highest BCUT2D eigenvalue weighted by Crippen LogP contribution is 2.42. The van der Waals surface area contributed by atoms with Gasteiger partial charge in [0.2, 0.25) is 0 Å². The lowest BCUT2D eigenvalue weighted by molar-refractivity contribution is -0.158. The van der Waals surface area contributed by atoms with Gasteiger partial charge in [-0.3, -0.25) is 0 Å². The molecule has 0 aromatic carbocycles. The summed E-state index contributed by atoms with van der Waals surface area (Å²) < 4.78 is 5.57. The minimum absolute atomic E-state index is 0.0353. The Morgan fingerprint density at radius 2 is 2.08 bits per heavy atom. The van der Waals surface area contributed by atoms with Crippen molar-refractivity contribution in [2.45, 2.75) is 38.9 Å². The molecule has 0 radical (unpaired) electrons. The largest absolute Gasteiger partial charge is 0.391 e. The third kappa shape index (κ3) is 1.41. The van der Waals surface area contributed by atoms with Gasteiger partial charge >= 0.3 is 0 Å². The lowest BCUT2D eigenvalue weighted by Gasteiger charge is -2.47. The molecule has 1 saturated heterocycles. The Kier molecular flexibility index (Phi) is 2.32. The molecule has 1 N–H and O–H groups in total. The smallest absolute Gasteiger partial charge is 0.0884 e. The van der Waals surface area contributed by atoms with E-state index in [2.05, 4.69) is 20.4 Å². The third-order valence-corrected chi connectivity index (χ3v) is 3.05. The predicted octanol–water partition coefficient (Wildman–Crippen LogP) is 1.74. The first kappa shape index (κ1) is 9.75. The molecule has 70 valence electrons. The zero-order chi connectivity index (χ0) is 9.41. The van der Waals surface area contributed by atoms with Crippen LogP contribution in [0.5, 0.6) is 0 Å². The number of ether oxygens (including phenoxy) is 1. The maximum Gasteiger partial charge on any atom is 0.0884 e. The molecule has 0 aromatic rings. The second-order valence-electron chi connectivity index (χ2n) is 4.36. The van der Waals surface area contributed by atoms with E-state index in [-0.39, 0.29) is 17.1 Å². The molecular weight excluding hydrogens is 152 g/mol. The summed E-state index contributed by atoms with van der Waals surface area (Å²) in [5.41, 5.74) is -0.335. The van der Waals surface area contributed by atoms with E-state index >= 15 is 0 Å². The Labute approximate surface area is 74.2 Å². The molecule has 0 saturated carbocycles. The van der Waals surface area contributed by atoms with Gasteiger partial charge in [0.15, 0.2) is 0 Å². The summed E-state index contributed by atoms with van der Waals surface area (Å²) in [6, 6.07) is 0. The second-order valence-corrected chi connectivity index (χ2v) is 4.36. The van der Waals surface area contributed by atoms with Crippen molar-refractivity contribution in [2.24, 2.45) is 5.41 Å². The highest BCUT2D eigenvalue weighted by atomic mass is 16.5. The molecule has 2 nitrogen and oxygen atoms in total. The molecule has 1 rings (SSSR count). The first-order valence-electron chi connectivity index (χ1n) is 4.37. The quantitative estimate of drug-likeness (QED) is 0.607. The van der Waals surface area contributed by atoms with Crippen molar-refractivity contribution in [1.29, 1.82) is 0 Å². The number of aliphatic hydroxyl groups is 1. The van der Waals surface area contributed by atoms with E-state index < -0.39 is 0 Å². The van der Waals surface area contributed by atoms with E-state index in [1.54, 1.807) is 0 Å². The van der Waals surface area contributed by atoms with Gasteiger partial charge in [0.1, 0.15) is 0 Å². The highest BCUT2D eigenvalue weighted by Gasteiger charge is 2.44. The maximum atomic E-state index is 9.41. The van der Waals surface area contributed by atoms with Gasteiger partial charge in [-0.1, -0.05) is 19.9 Å². The molecule has 12 heavy (non-hydrogen) atoms. The van der Waals surface area contributed by atoms with Crippen LogP contribution in [-0.2, 0) is 4.74 Å². The summed E-state index contributed by atoms with van der Waals surface area (Å²) in [6.45, 7) is 10.4. The summed E-state index contributed by atoms with van der Waals surface area (Å²) in [5, 5.41) is 9.41. The molecule has 0 aliphatic carbocycles. The van der Waals surface area contributed by atoms with E-state index in [1.165, 1.54) is 0 Å². The van der Waals surface area contributed by atoms with Gasteiger partial charge < -0.3 is 9.84 Å². The van der Waals surface area contributed by atoms with Crippen LogP contribution in [0.4, 0.5) is 0 Å². The minimum Gasteiger partial charge on any atom is -0.391 e. The van der Waals surface area contributed by atoms with Crippen molar-refractivity contribution in [1.82, 2.24) is 0 Å². The molecule has 1 aliphatic heterocycles. The van der Waals surface area contributed by atoms with Crippen LogP contribution in [-0.4, -0.2) is 23.4 Å². The molecule has 2 unspecified atom stereocenters. The lowest BCUT2D eigenvalue weighted by Crippen LogP contribution is -2.50. The van der Waals surface area contributed by atoms with Crippen LogP contribution in [0.15, 0.2) is 12.7 Å². The van der Waals surface area contributed by atoms with Gasteiger partial charge in [-0.2, -0.15) is 0 Å². The van der Waals surface area contributed by atoms with Crippen molar-refractivity contribution in [2.75, 3.05) is 6.61 Å². The summed E-state index contributed by atoms with van der Waals surface area (Å²) in [5.74, 6) is 0. The first-order chi connectivity index (χ1) is 5.41. The van der Waals surface area contributed by atoms with Crippen LogP contribution in [0, 0.1) is 5.41 Å². The minimum atomic E-state index is -0.326. The normalized spacial score (nSPS) is 40.8. The van der Waals surface area contributed by atoms with Crippen LogP contribution in [0.2, 0.25) is 0 Å². The fraction of sp³-hybridized carbons (Fsp3) is 0.800. The van der Waals surface area contributed by atoms with Crippen molar-refractivity contribution in [3.05, 3.63) is 12.7 Å². The van der Waals surface area contributed by atoms with E-state index in [9.17, 15) is 5.11 Å². The Morgan fingerprint density at radius 1 is 1.50 bits per heavy atom. The third-order valence-electron chi connectivity index (χ3n) is 3.05. The van der Waals surface area contributed by atoms with Crippen LogP contribution in [0.1, 0.15) is 27.2 Å². The summed E-state index contributed by atoms with van der Waals surface area (Å²) in [4.78, 5) is 0. The molecule has 0 spiro atoms. The van der Waals surface area contributed by atoms with E-state index in [0.717, 1.165) is 6.42 Å². The topological polar surface area (TPSA) is 29.5 Å². The Hall–Kier alpha value is -0.340. The molecule has 0 aromatic heterocycles. The van der Waals surface area contributed by atoms with Gasteiger partial charge in [0.05, 0.1) is 18.3 Å². The van der Waals surface area contributed by atoms with Crippen LogP contribution in [0.3, 0.4) is 0 Å². The van der Waals surface area contributed by atoms with E-state index in [4.69, 9.17) is 4.74 Å². The van der Waals surface area contributed by atoms with Gasteiger partial charge in [-0.15, -0.1) is 6.58 Å². The highest BCUT2D eigenvalue weighted by molar-refractivity contribution is 5.06. The SMILES string of the molecule is C=CC1(C)OCC(O)CC1(C)C. The molecular formula is C10H18O2. The number of aliphatic hydroxyl groups excluding tert-OH is 1. The van der Waals surface area contributed by atoms with Crippen molar-refractivity contribution in [3.8, 4) is 0 Å². The number of rotatable bonds is 1. The van der Waals surface area contributed by atoms with Crippen molar-refractivity contribution in [3.63, 3.8) is 0 Å². The molecule has 1 fully saturated rings. The summed E-state index contributed by atoms with van der Waals surface area (Å²) in [7, 11) is 0. The lowest BCUT2D eigenvalue weighted by atomic mass is 9.70. The van der Waals surface area contributed by atoms with Crippen LogP contribution >= 0.6 is 0 Å². The fourth-order valence-corrected chi connectivity index (χ4v) is 1.65. The molecule has 0 amide bonds. The van der Waals surface area contributed by atoms with Crippen LogP contribution in [0.25, 0.3) is 0 Å². The molecule has 0 bridgehead atoms. The fourth-order valence-electron chi connectivity index (χ4n) is 1.65. The average Bonchev–Trinajstić information content (AvgIpc) is 1.97. The Bertz CT molecular complexity index is 186. The van der Waals surface area contributed by atoms with Gasteiger partial charge in [-0.05, 0) is 18.8 Å². The first-order valence-corrected chi connectivity index (χ1v) is 4.37. The maximum absolute atomic E-state index is 9.41. The zero-order valence-corrected chi connectivity index (χ0v) is 8.13.